The topological polar surface area (TPSA) is 29.4 Å². The van der Waals surface area contributed by atoms with E-state index in [0.29, 0.717) is 10.6 Å². The van der Waals surface area contributed by atoms with E-state index in [2.05, 4.69) is 57.6 Å². The van der Waals surface area contributed by atoms with Crippen LogP contribution in [0, 0.1) is 0 Å². The van der Waals surface area contributed by atoms with Gasteiger partial charge in [-0.2, -0.15) is 0 Å². The molecule has 24 heavy (non-hydrogen) atoms. The molecule has 2 nitrogen and oxygen atoms in total. The first kappa shape index (κ1) is 21.4. The van der Waals surface area contributed by atoms with Gasteiger partial charge in [0, 0.05) is 36.3 Å². The van der Waals surface area contributed by atoms with Gasteiger partial charge in [0.05, 0.1) is 5.54 Å². The van der Waals surface area contributed by atoms with Crippen molar-refractivity contribution in [3.05, 3.63) is 66.5 Å². The second kappa shape index (κ2) is 9.71. The highest BCUT2D eigenvalue weighted by molar-refractivity contribution is 9.10. The Morgan fingerprint density at radius 1 is 0.917 bits per heavy atom. The molecule has 128 valence electrons. The third-order valence-corrected chi connectivity index (χ3v) is 4.55. The second-order valence-electron chi connectivity index (χ2n) is 5.88. The Kier molecular flexibility index (Phi) is 8.65. The first-order chi connectivity index (χ1) is 11.1. The van der Waals surface area contributed by atoms with Gasteiger partial charge in [0.2, 0.25) is 0 Å². The average molecular weight is 494 g/mol. The third-order valence-electron chi connectivity index (χ3n) is 2.63. The SMILES string of the molecule is CC(C)(C)N=Cc1cc(Cl)ccc1Br.O=Cc1cc(Cl)ccc1Br. The van der Waals surface area contributed by atoms with E-state index < -0.39 is 0 Å². The number of benzene rings is 2. The van der Waals surface area contributed by atoms with Gasteiger partial charge in [-0.05, 0) is 57.2 Å². The molecule has 0 bridgehead atoms. The van der Waals surface area contributed by atoms with Crippen molar-refractivity contribution in [2.75, 3.05) is 0 Å². The third kappa shape index (κ3) is 7.93. The van der Waals surface area contributed by atoms with Crippen LogP contribution in [0.1, 0.15) is 36.7 Å². The first-order valence-electron chi connectivity index (χ1n) is 7.03. The van der Waals surface area contributed by atoms with Crippen LogP contribution in [0.5, 0.6) is 0 Å². The average Bonchev–Trinajstić information content (AvgIpc) is 2.50. The number of carbonyl (C=O) groups is 1. The molecule has 0 aliphatic carbocycles. The predicted octanol–water partition coefficient (Wildman–Crippen LogP) is 7.23. The summed E-state index contributed by atoms with van der Waals surface area (Å²) in [6, 6.07) is 10.7. The summed E-state index contributed by atoms with van der Waals surface area (Å²) in [4.78, 5) is 14.7. The van der Waals surface area contributed by atoms with E-state index in [9.17, 15) is 4.79 Å². The number of carbonyl (C=O) groups excluding carboxylic acids is 1. The molecule has 0 aliphatic heterocycles. The fraction of sp³-hybridized carbons (Fsp3) is 0.222. The molecule has 0 unspecified atom stereocenters. The van der Waals surface area contributed by atoms with Crippen molar-refractivity contribution >= 4 is 67.6 Å². The summed E-state index contributed by atoms with van der Waals surface area (Å²) in [6.07, 6.45) is 2.60. The molecule has 0 aromatic heterocycles. The number of hydrogen-bond acceptors (Lipinski definition) is 2. The number of halogens is 4. The molecule has 0 N–H and O–H groups in total. The van der Waals surface area contributed by atoms with Crippen molar-refractivity contribution in [3.63, 3.8) is 0 Å². The van der Waals surface area contributed by atoms with E-state index in [1.165, 1.54) is 0 Å². The molecule has 0 atom stereocenters. The predicted molar refractivity (Wildman–Crippen MR) is 111 cm³/mol. The molecule has 0 heterocycles. The maximum absolute atomic E-state index is 10.3. The van der Waals surface area contributed by atoms with E-state index in [1.807, 2.05) is 24.4 Å². The Labute approximate surface area is 169 Å². The zero-order valence-corrected chi connectivity index (χ0v) is 18.2. The summed E-state index contributed by atoms with van der Waals surface area (Å²) in [5.74, 6) is 0. The molecule has 0 fully saturated rings. The van der Waals surface area contributed by atoms with Crippen LogP contribution in [0.15, 0.2) is 50.3 Å². The highest BCUT2D eigenvalue weighted by atomic mass is 79.9. The summed E-state index contributed by atoms with van der Waals surface area (Å²) >= 11 is 18.1. The monoisotopic (exact) mass is 491 g/mol. The van der Waals surface area contributed by atoms with Crippen LogP contribution in [0.25, 0.3) is 0 Å². The molecule has 0 aliphatic rings. The minimum Gasteiger partial charge on any atom is -0.298 e. The largest absolute Gasteiger partial charge is 0.298 e. The van der Waals surface area contributed by atoms with Crippen molar-refractivity contribution in [2.24, 2.45) is 4.99 Å². The summed E-state index contributed by atoms with van der Waals surface area (Å²) in [5, 5.41) is 1.30. The van der Waals surface area contributed by atoms with Gasteiger partial charge in [0.1, 0.15) is 0 Å². The van der Waals surface area contributed by atoms with E-state index in [0.717, 1.165) is 25.8 Å². The van der Waals surface area contributed by atoms with Crippen LogP contribution >= 0.6 is 55.1 Å². The summed E-state index contributed by atoms with van der Waals surface area (Å²) in [6.45, 7) is 6.17. The minimum atomic E-state index is -0.0538. The normalized spacial score (nSPS) is 11.1. The van der Waals surface area contributed by atoms with Gasteiger partial charge in [0.15, 0.2) is 6.29 Å². The zero-order chi connectivity index (χ0) is 18.3. The maximum Gasteiger partial charge on any atom is 0.151 e. The van der Waals surface area contributed by atoms with Crippen LogP contribution in [0.4, 0.5) is 0 Å². The first-order valence-corrected chi connectivity index (χ1v) is 9.37. The van der Waals surface area contributed by atoms with Crippen LogP contribution in [0.3, 0.4) is 0 Å². The lowest BCUT2D eigenvalue weighted by molar-refractivity contribution is 0.112. The van der Waals surface area contributed by atoms with Crippen LogP contribution < -0.4 is 0 Å². The summed E-state index contributed by atoms with van der Waals surface area (Å²) < 4.78 is 1.78. The molecule has 0 amide bonds. The summed E-state index contributed by atoms with van der Waals surface area (Å²) in [7, 11) is 0. The van der Waals surface area contributed by atoms with Crippen LogP contribution in [-0.4, -0.2) is 18.0 Å². The van der Waals surface area contributed by atoms with Gasteiger partial charge in [-0.15, -0.1) is 0 Å². The van der Waals surface area contributed by atoms with Crippen LogP contribution in [-0.2, 0) is 0 Å². The lowest BCUT2D eigenvalue weighted by atomic mass is 10.1. The fourth-order valence-electron chi connectivity index (χ4n) is 1.48. The molecule has 0 spiro atoms. The van der Waals surface area contributed by atoms with E-state index >= 15 is 0 Å². The van der Waals surface area contributed by atoms with Crippen LogP contribution in [0.2, 0.25) is 10.0 Å². The molecule has 0 radical (unpaired) electrons. The highest BCUT2D eigenvalue weighted by Crippen LogP contribution is 2.20. The molecular weight excluding hydrogens is 477 g/mol. The quantitative estimate of drug-likeness (QED) is 0.320. The highest BCUT2D eigenvalue weighted by Gasteiger charge is 2.05. The van der Waals surface area contributed by atoms with Gasteiger partial charge in [-0.3, -0.25) is 9.79 Å². The standard InChI is InChI=1S/C11H13BrClN.C7H4BrClO/c1-11(2,3)14-7-8-6-9(13)4-5-10(8)12;8-7-2-1-6(9)3-5(7)4-10/h4-7H,1-3H3;1-4H. The van der Waals surface area contributed by atoms with Gasteiger partial charge >= 0.3 is 0 Å². The fourth-order valence-corrected chi connectivity index (χ4v) is 2.53. The minimum absolute atomic E-state index is 0.0538. The Hall–Kier alpha value is -0.680. The number of rotatable bonds is 2. The lowest BCUT2D eigenvalue weighted by Crippen LogP contribution is -2.09. The van der Waals surface area contributed by atoms with Gasteiger partial charge in [0.25, 0.3) is 0 Å². The van der Waals surface area contributed by atoms with Crippen molar-refractivity contribution in [1.29, 1.82) is 0 Å². The van der Waals surface area contributed by atoms with E-state index in [4.69, 9.17) is 23.2 Å². The Bertz CT molecular complexity index is 740. The van der Waals surface area contributed by atoms with Crippen molar-refractivity contribution in [2.45, 2.75) is 26.3 Å². The van der Waals surface area contributed by atoms with Gasteiger partial charge < -0.3 is 0 Å². The Balaban J connectivity index is 0.000000254. The maximum atomic E-state index is 10.3. The van der Waals surface area contributed by atoms with E-state index in [1.54, 1.807) is 18.2 Å². The lowest BCUT2D eigenvalue weighted by Gasteiger charge is -2.11. The van der Waals surface area contributed by atoms with Crippen molar-refractivity contribution < 1.29 is 4.79 Å². The van der Waals surface area contributed by atoms with E-state index in [-0.39, 0.29) is 5.54 Å². The molecule has 0 saturated heterocycles. The molecule has 0 saturated carbocycles. The number of aliphatic imine (C=N–C) groups is 1. The van der Waals surface area contributed by atoms with Crippen molar-refractivity contribution in [3.8, 4) is 0 Å². The summed E-state index contributed by atoms with van der Waals surface area (Å²) in [5.41, 5.74) is 1.53. The molecular formula is C18H17Br2Cl2NO. The number of nitrogens with zero attached hydrogens (tertiary/aromatic N) is 1. The zero-order valence-electron chi connectivity index (χ0n) is 13.5. The molecule has 2 aromatic rings. The Morgan fingerprint density at radius 3 is 1.79 bits per heavy atom. The van der Waals surface area contributed by atoms with Crippen molar-refractivity contribution in [1.82, 2.24) is 0 Å². The number of aldehydes is 1. The molecule has 2 aromatic carbocycles. The van der Waals surface area contributed by atoms with Gasteiger partial charge in [-0.25, -0.2) is 0 Å². The smallest absolute Gasteiger partial charge is 0.151 e. The van der Waals surface area contributed by atoms with Gasteiger partial charge in [-0.1, -0.05) is 55.1 Å². The number of hydrogen-bond donors (Lipinski definition) is 0. The second-order valence-corrected chi connectivity index (χ2v) is 8.46. The molecule has 6 heteroatoms. The molecule has 2 rings (SSSR count). The Morgan fingerprint density at radius 2 is 1.38 bits per heavy atom.